The van der Waals surface area contributed by atoms with Gasteiger partial charge >= 0.3 is 7.12 Å². The van der Waals surface area contributed by atoms with Crippen molar-refractivity contribution in [3.8, 4) is 0 Å². The summed E-state index contributed by atoms with van der Waals surface area (Å²) in [4.78, 5) is 18.3. The lowest BCUT2D eigenvalue weighted by Crippen LogP contribution is -2.41. The van der Waals surface area contributed by atoms with E-state index in [0.717, 1.165) is 11.9 Å². The summed E-state index contributed by atoms with van der Waals surface area (Å²) in [6, 6.07) is 3.58. The quantitative estimate of drug-likeness (QED) is 0.787. The third-order valence-electron chi connectivity index (χ3n) is 5.00. The zero-order chi connectivity index (χ0) is 16.7. The molecule has 0 bridgehead atoms. The van der Waals surface area contributed by atoms with Crippen LogP contribution in [0.4, 0.5) is 0 Å². The molecular formula is C17H23BN2O3. The van der Waals surface area contributed by atoms with Crippen LogP contribution in [-0.2, 0) is 9.31 Å². The summed E-state index contributed by atoms with van der Waals surface area (Å²) in [6.07, 6.45) is 6.10. The third kappa shape index (κ3) is 3.05. The summed E-state index contributed by atoms with van der Waals surface area (Å²) < 4.78 is 12.2. The predicted molar refractivity (Wildman–Crippen MR) is 88.9 cm³/mol. The number of hydrogen-bond acceptors (Lipinski definition) is 4. The molecule has 1 saturated heterocycles. The minimum atomic E-state index is -0.332. The van der Waals surface area contributed by atoms with Gasteiger partial charge in [0.05, 0.1) is 16.8 Å². The van der Waals surface area contributed by atoms with Crippen molar-refractivity contribution in [1.82, 2.24) is 9.88 Å². The molecule has 0 spiro atoms. The fourth-order valence-electron chi connectivity index (χ4n) is 2.75. The van der Waals surface area contributed by atoms with Gasteiger partial charge in [0.2, 0.25) is 0 Å². The van der Waals surface area contributed by atoms with E-state index in [1.807, 2.05) is 4.90 Å². The highest BCUT2D eigenvalue weighted by molar-refractivity contribution is 6.54. The molecule has 23 heavy (non-hydrogen) atoms. The lowest BCUT2D eigenvalue weighted by molar-refractivity contribution is 0.00578. The van der Waals surface area contributed by atoms with Crippen LogP contribution in [-0.4, -0.2) is 47.2 Å². The van der Waals surface area contributed by atoms with E-state index < -0.39 is 0 Å². The van der Waals surface area contributed by atoms with Crippen molar-refractivity contribution in [2.45, 2.75) is 45.3 Å². The first-order chi connectivity index (χ1) is 10.8. The van der Waals surface area contributed by atoms with E-state index >= 15 is 0 Å². The van der Waals surface area contributed by atoms with Gasteiger partial charge in [-0.1, -0.05) is 6.08 Å². The summed E-state index contributed by atoms with van der Waals surface area (Å²) >= 11 is 0. The Hall–Kier alpha value is -1.66. The lowest BCUT2D eigenvalue weighted by atomic mass is 9.74. The molecule has 1 fully saturated rings. The number of amides is 1. The number of nitrogens with zero attached hydrogens (tertiary/aromatic N) is 2. The SMILES string of the molecule is CC1(C)OB(C2=CCN(C(=O)c3cccnc3)CC2)OC1(C)C. The van der Waals surface area contributed by atoms with Gasteiger partial charge in [0.15, 0.2) is 0 Å². The predicted octanol–water partition coefficient (Wildman–Crippen LogP) is 2.49. The lowest BCUT2D eigenvalue weighted by Gasteiger charge is -2.32. The van der Waals surface area contributed by atoms with Crippen molar-refractivity contribution >= 4 is 13.0 Å². The average molecular weight is 314 g/mol. The maximum absolute atomic E-state index is 12.4. The van der Waals surface area contributed by atoms with Gasteiger partial charge in [0, 0.05) is 25.5 Å². The summed E-state index contributed by atoms with van der Waals surface area (Å²) in [7, 11) is -0.310. The Morgan fingerprint density at radius 2 is 1.96 bits per heavy atom. The van der Waals surface area contributed by atoms with Gasteiger partial charge in [-0.2, -0.15) is 0 Å². The Labute approximate surface area is 137 Å². The summed E-state index contributed by atoms with van der Waals surface area (Å²) in [5.41, 5.74) is 1.08. The fraction of sp³-hybridized carbons (Fsp3) is 0.529. The summed E-state index contributed by atoms with van der Waals surface area (Å²) in [6.45, 7) is 9.45. The third-order valence-corrected chi connectivity index (χ3v) is 5.00. The molecule has 122 valence electrons. The van der Waals surface area contributed by atoms with Crippen LogP contribution in [0, 0.1) is 0 Å². The van der Waals surface area contributed by atoms with E-state index in [-0.39, 0.29) is 24.2 Å². The Bertz CT molecular complexity index is 612. The molecule has 2 aliphatic rings. The molecule has 6 heteroatoms. The fourth-order valence-corrected chi connectivity index (χ4v) is 2.75. The van der Waals surface area contributed by atoms with E-state index in [0.29, 0.717) is 18.7 Å². The second-order valence-electron chi connectivity index (χ2n) is 7.11. The van der Waals surface area contributed by atoms with Crippen molar-refractivity contribution in [2.75, 3.05) is 13.1 Å². The maximum atomic E-state index is 12.4. The first-order valence-corrected chi connectivity index (χ1v) is 8.04. The van der Waals surface area contributed by atoms with Gasteiger partial charge in [-0.15, -0.1) is 0 Å². The highest BCUT2D eigenvalue weighted by Gasteiger charge is 2.52. The number of rotatable bonds is 2. The molecule has 0 aliphatic carbocycles. The minimum absolute atomic E-state index is 0.0160. The van der Waals surface area contributed by atoms with Gasteiger partial charge in [0.25, 0.3) is 5.91 Å². The molecule has 0 saturated carbocycles. The van der Waals surface area contributed by atoms with E-state index in [4.69, 9.17) is 9.31 Å². The zero-order valence-electron chi connectivity index (χ0n) is 14.2. The number of carbonyl (C=O) groups is 1. The Morgan fingerprint density at radius 3 is 2.48 bits per heavy atom. The Morgan fingerprint density at radius 1 is 1.26 bits per heavy atom. The molecule has 0 N–H and O–H groups in total. The molecule has 5 nitrogen and oxygen atoms in total. The van der Waals surface area contributed by atoms with E-state index in [2.05, 4.69) is 38.8 Å². The number of aromatic nitrogens is 1. The van der Waals surface area contributed by atoms with Crippen LogP contribution >= 0.6 is 0 Å². The normalized spacial score (nSPS) is 22.9. The monoisotopic (exact) mass is 314 g/mol. The Balaban J connectivity index is 1.67. The highest BCUT2D eigenvalue weighted by atomic mass is 16.7. The van der Waals surface area contributed by atoms with E-state index in [1.165, 1.54) is 0 Å². The average Bonchev–Trinajstić information content (AvgIpc) is 2.76. The second kappa shape index (κ2) is 5.76. The smallest absolute Gasteiger partial charge is 0.400 e. The molecular weight excluding hydrogens is 291 g/mol. The molecule has 0 aromatic carbocycles. The maximum Gasteiger partial charge on any atom is 0.490 e. The molecule has 3 heterocycles. The van der Waals surface area contributed by atoms with Gasteiger partial charge in [-0.25, -0.2) is 0 Å². The highest BCUT2D eigenvalue weighted by Crippen LogP contribution is 2.39. The van der Waals surface area contributed by atoms with Crippen LogP contribution < -0.4 is 0 Å². The first kappa shape index (κ1) is 16.2. The zero-order valence-corrected chi connectivity index (χ0v) is 14.2. The molecule has 2 aliphatic heterocycles. The topological polar surface area (TPSA) is 51.7 Å². The van der Waals surface area contributed by atoms with Crippen LogP contribution in [0.2, 0.25) is 0 Å². The number of carbonyl (C=O) groups excluding carboxylic acids is 1. The van der Waals surface area contributed by atoms with E-state index in [9.17, 15) is 4.79 Å². The van der Waals surface area contributed by atoms with Crippen LogP contribution in [0.1, 0.15) is 44.5 Å². The Kier molecular flexibility index (Phi) is 4.06. The van der Waals surface area contributed by atoms with Crippen LogP contribution in [0.25, 0.3) is 0 Å². The second-order valence-corrected chi connectivity index (χ2v) is 7.11. The van der Waals surface area contributed by atoms with Gasteiger partial charge in [-0.3, -0.25) is 9.78 Å². The molecule has 3 rings (SSSR count). The van der Waals surface area contributed by atoms with Crippen molar-refractivity contribution in [1.29, 1.82) is 0 Å². The van der Waals surface area contributed by atoms with Crippen LogP contribution in [0.5, 0.6) is 0 Å². The van der Waals surface area contributed by atoms with Crippen molar-refractivity contribution in [3.05, 3.63) is 41.6 Å². The molecule has 1 amide bonds. The molecule has 1 aromatic heterocycles. The van der Waals surface area contributed by atoms with E-state index in [1.54, 1.807) is 24.5 Å². The number of hydrogen-bond donors (Lipinski definition) is 0. The van der Waals surface area contributed by atoms with Gasteiger partial charge in [0.1, 0.15) is 0 Å². The first-order valence-electron chi connectivity index (χ1n) is 8.04. The summed E-state index contributed by atoms with van der Waals surface area (Å²) in [5.74, 6) is 0.0160. The number of pyridine rings is 1. The van der Waals surface area contributed by atoms with Gasteiger partial charge < -0.3 is 14.2 Å². The van der Waals surface area contributed by atoms with Crippen molar-refractivity contribution in [2.24, 2.45) is 0 Å². The van der Waals surface area contributed by atoms with Crippen LogP contribution in [0.15, 0.2) is 36.1 Å². The molecule has 1 aromatic rings. The van der Waals surface area contributed by atoms with Crippen molar-refractivity contribution < 1.29 is 14.1 Å². The molecule has 0 radical (unpaired) electrons. The largest absolute Gasteiger partial charge is 0.490 e. The standard InChI is InChI=1S/C17H23BN2O3/c1-16(2)17(3,4)23-18(22-16)14-7-10-20(11-8-14)15(21)13-6-5-9-19-12-13/h5-7,9,12H,8,10-11H2,1-4H3. The minimum Gasteiger partial charge on any atom is -0.400 e. The summed E-state index contributed by atoms with van der Waals surface area (Å²) in [5, 5.41) is 0. The van der Waals surface area contributed by atoms with Crippen molar-refractivity contribution in [3.63, 3.8) is 0 Å². The molecule has 0 unspecified atom stereocenters. The van der Waals surface area contributed by atoms with Gasteiger partial charge in [-0.05, 0) is 51.7 Å². The molecule has 0 atom stereocenters. The van der Waals surface area contributed by atoms with Crippen LogP contribution in [0.3, 0.4) is 0 Å².